The summed E-state index contributed by atoms with van der Waals surface area (Å²) in [5.41, 5.74) is 4.88. The van der Waals surface area contributed by atoms with E-state index in [1.54, 1.807) is 20.8 Å². The van der Waals surface area contributed by atoms with Crippen LogP contribution in [0.3, 0.4) is 0 Å². The molecule has 13 heteroatoms. The maximum atomic E-state index is 13.1. The van der Waals surface area contributed by atoms with E-state index < -0.39 is 47.6 Å². The van der Waals surface area contributed by atoms with Gasteiger partial charge in [0.15, 0.2) is 0 Å². The molecule has 0 spiro atoms. The van der Waals surface area contributed by atoms with Gasteiger partial charge in [-0.25, -0.2) is 14.4 Å². The molecule has 0 saturated heterocycles. The molecule has 13 nitrogen and oxygen atoms in total. The van der Waals surface area contributed by atoms with Crippen molar-refractivity contribution in [1.29, 1.82) is 0 Å². The van der Waals surface area contributed by atoms with Crippen LogP contribution in [0.4, 0.5) is 15.3 Å². The highest BCUT2D eigenvalue weighted by Crippen LogP contribution is 2.12. The van der Waals surface area contributed by atoms with E-state index in [-0.39, 0.29) is 37.5 Å². The van der Waals surface area contributed by atoms with Crippen molar-refractivity contribution in [3.8, 4) is 0 Å². The van der Waals surface area contributed by atoms with Crippen LogP contribution >= 0.6 is 0 Å². The van der Waals surface area contributed by atoms with Crippen LogP contribution in [0.2, 0.25) is 0 Å². The summed E-state index contributed by atoms with van der Waals surface area (Å²) in [5, 5.41) is 22.6. The highest BCUT2D eigenvalue weighted by Gasteiger charge is 2.27. The van der Waals surface area contributed by atoms with Gasteiger partial charge in [0.2, 0.25) is 11.8 Å². The first kappa shape index (κ1) is 32.2. The molecule has 0 bridgehead atoms. The van der Waals surface area contributed by atoms with Crippen LogP contribution in [0.25, 0.3) is 0 Å². The molecule has 0 saturated carbocycles. The Balaban J connectivity index is 2.81. The standard InChI is InChI=1S/C25H40N6O7/c1-15(2)19(27-13-14-29-24(37)38-25(3,4)5)21(33)31-18(7-6-12-28-23(26)36)20(32)30-17-10-8-16(9-11-17)22(34)35/h8-11,15,18-19,27H,6-7,12-14H2,1-5H3,(H,29,37)(H,30,32)(H,31,33)(H,34,35)(H3,26,28,36)/t18-,19-/m0/s1. The van der Waals surface area contributed by atoms with Gasteiger partial charge in [-0.1, -0.05) is 13.8 Å². The molecule has 0 fully saturated rings. The van der Waals surface area contributed by atoms with Gasteiger partial charge < -0.3 is 42.2 Å². The number of hydrogen-bond acceptors (Lipinski definition) is 7. The summed E-state index contributed by atoms with van der Waals surface area (Å²) in [6.45, 7) is 9.67. The SMILES string of the molecule is CC(C)[C@H](NCCNC(=O)OC(C)(C)C)C(=O)N[C@@H](CCCNC(N)=O)C(=O)Nc1ccc(C(=O)O)cc1. The Morgan fingerprint density at radius 3 is 2.11 bits per heavy atom. The number of urea groups is 1. The number of benzene rings is 1. The highest BCUT2D eigenvalue weighted by atomic mass is 16.6. The smallest absolute Gasteiger partial charge is 0.407 e. The molecule has 1 rings (SSSR count). The zero-order valence-electron chi connectivity index (χ0n) is 22.6. The number of amides is 5. The Morgan fingerprint density at radius 2 is 1.58 bits per heavy atom. The van der Waals surface area contributed by atoms with Crippen LogP contribution in [0, 0.1) is 5.92 Å². The Kier molecular flexibility index (Phi) is 13.0. The fourth-order valence-electron chi connectivity index (χ4n) is 3.31. The summed E-state index contributed by atoms with van der Waals surface area (Å²) >= 11 is 0. The van der Waals surface area contributed by atoms with Gasteiger partial charge in [-0.15, -0.1) is 0 Å². The van der Waals surface area contributed by atoms with Gasteiger partial charge in [-0.05, 0) is 63.8 Å². The third kappa shape index (κ3) is 12.9. The molecule has 0 unspecified atom stereocenters. The van der Waals surface area contributed by atoms with Crippen LogP contribution in [0.15, 0.2) is 24.3 Å². The normalized spacial score (nSPS) is 12.7. The fourth-order valence-corrected chi connectivity index (χ4v) is 3.31. The maximum Gasteiger partial charge on any atom is 0.407 e. The Labute approximate surface area is 222 Å². The molecule has 0 aliphatic heterocycles. The zero-order chi connectivity index (χ0) is 28.9. The molecular formula is C25H40N6O7. The second-order valence-corrected chi connectivity index (χ2v) is 9.97. The monoisotopic (exact) mass is 536 g/mol. The number of carbonyl (C=O) groups is 5. The van der Waals surface area contributed by atoms with E-state index in [1.807, 2.05) is 13.8 Å². The predicted molar refractivity (Wildman–Crippen MR) is 142 cm³/mol. The molecule has 8 N–H and O–H groups in total. The van der Waals surface area contributed by atoms with Crippen molar-refractivity contribution in [2.45, 2.75) is 65.1 Å². The van der Waals surface area contributed by atoms with E-state index in [2.05, 4.69) is 26.6 Å². The van der Waals surface area contributed by atoms with Crippen molar-refractivity contribution in [1.82, 2.24) is 21.3 Å². The number of alkyl carbamates (subject to hydrolysis) is 1. The average Bonchev–Trinajstić information content (AvgIpc) is 2.79. The lowest BCUT2D eigenvalue weighted by Gasteiger charge is -2.26. The van der Waals surface area contributed by atoms with Crippen LogP contribution < -0.4 is 32.3 Å². The maximum absolute atomic E-state index is 13.1. The zero-order valence-corrected chi connectivity index (χ0v) is 22.6. The summed E-state index contributed by atoms with van der Waals surface area (Å²) < 4.78 is 5.18. The number of rotatable bonds is 14. The molecule has 1 aromatic rings. The van der Waals surface area contributed by atoms with Crippen LogP contribution in [-0.4, -0.2) is 72.3 Å². The largest absolute Gasteiger partial charge is 0.478 e. The molecular weight excluding hydrogens is 496 g/mol. The molecule has 1 aromatic carbocycles. The number of nitrogens with one attached hydrogen (secondary N) is 5. The van der Waals surface area contributed by atoms with Gasteiger partial charge in [-0.2, -0.15) is 0 Å². The van der Waals surface area contributed by atoms with Crippen LogP contribution in [-0.2, 0) is 14.3 Å². The van der Waals surface area contributed by atoms with E-state index in [9.17, 15) is 24.0 Å². The van der Waals surface area contributed by atoms with E-state index in [4.69, 9.17) is 15.6 Å². The first-order chi connectivity index (χ1) is 17.7. The van der Waals surface area contributed by atoms with Gasteiger partial charge >= 0.3 is 18.1 Å². The van der Waals surface area contributed by atoms with Gasteiger partial charge in [0, 0.05) is 25.3 Å². The number of hydrogen-bond donors (Lipinski definition) is 7. The lowest BCUT2D eigenvalue weighted by molar-refractivity contribution is -0.128. The first-order valence-corrected chi connectivity index (χ1v) is 12.4. The molecule has 38 heavy (non-hydrogen) atoms. The number of carboxylic acid groups (broad SMARTS) is 1. The van der Waals surface area contributed by atoms with Gasteiger partial charge in [0.1, 0.15) is 11.6 Å². The predicted octanol–water partition coefficient (Wildman–Crippen LogP) is 1.40. The number of nitrogens with two attached hydrogens (primary N) is 1. The molecule has 2 atom stereocenters. The molecule has 0 heterocycles. The van der Waals surface area contributed by atoms with E-state index in [1.165, 1.54) is 24.3 Å². The van der Waals surface area contributed by atoms with Crippen LogP contribution in [0.1, 0.15) is 57.8 Å². The fraction of sp³-hybridized carbons (Fsp3) is 0.560. The molecule has 212 valence electrons. The second kappa shape index (κ2) is 15.4. The number of anilines is 1. The second-order valence-electron chi connectivity index (χ2n) is 9.97. The van der Waals surface area contributed by atoms with Crippen molar-refractivity contribution in [2.75, 3.05) is 25.0 Å². The molecule has 0 aliphatic rings. The minimum absolute atomic E-state index is 0.0670. The Bertz CT molecular complexity index is 960. The minimum Gasteiger partial charge on any atom is -0.478 e. The summed E-state index contributed by atoms with van der Waals surface area (Å²) in [7, 11) is 0. The van der Waals surface area contributed by atoms with Gasteiger partial charge in [0.05, 0.1) is 11.6 Å². The van der Waals surface area contributed by atoms with E-state index in [0.29, 0.717) is 12.1 Å². The topological polar surface area (TPSA) is 201 Å². The van der Waals surface area contributed by atoms with Crippen molar-refractivity contribution in [2.24, 2.45) is 11.7 Å². The Hall–Kier alpha value is -3.87. The molecule has 0 aromatic heterocycles. The molecule has 0 aliphatic carbocycles. The number of carboxylic acids is 1. The van der Waals surface area contributed by atoms with Crippen LogP contribution in [0.5, 0.6) is 0 Å². The molecule has 5 amide bonds. The minimum atomic E-state index is -1.09. The first-order valence-electron chi connectivity index (χ1n) is 12.4. The third-order valence-corrected chi connectivity index (χ3v) is 5.11. The highest BCUT2D eigenvalue weighted by molar-refractivity contribution is 5.98. The average molecular weight is 537 g/mol. The summed E-state index contributed by atoms with van der Waals surface area (Å²) in [6, 6.07) is 3.30. The number of ether oxygens (including phenoxy) is 1. The summed E-state index contributed by atoms with van der Waals surface area (Å²) in [6.07, 6.45) is -0.00269. The quantitative estimate of drug-likeness (QED) is 0.173. The number of aromatic carboxylic acids is 1. The Morgan fingerprint density at radius 1 is 0.947 bits per heavy atom. The lowest BCUT2D eigenvalue weighted by atomic mass is 10.0. The summed E-state index contributed by atoms with van der Waals surface area (Å²) in [4.78, 5) is 59.9. The summed E-state index contributed by atoms with van der Waals surface area (Å²) in [5.74, 6) is -2.15. The van der Waals surface area contributed by atoms with Gasteiger partial charge in [0.25, 0.3) is 0 Å². The van der Waals surface area contributed by atoms with Crippen molar-refractivity contribution >= 4 is 35.6 Å². The van der Waals surface area contributed by atoms with Gasteiger partial charge in [-0.3, -0.25) is 9.59 Å². The number of carbonyl (C=O) groups excluding carboxylic acids is 4. The van der Waals surface area contributed by atoms with Crippen molar-refractivity contribution in [3.63, 3.8) is 0 Å². The molecule has 0 radical (unpaired) electrons. The number of primary amides is 1. The van der Waals surface area contributed by atoms with Crippen molar-refractivity contribution in [3.05, 3.63) is 29.8 Å². The van der Waals surface area contributed by atoms with Crippen molar-refractivity contribution < 1.29 is 33.8 Å². The van der Waals surface area contributed by atoms with E-state index >= 15 is 0 Å². The third-order valence-electron chi connectivity index (χ3n) is 5.11. The van der Waals surface area contributed by atoms with E-state index in [0.717, 1.165) is 0 Å². The lowest BCUT2D eigenvalue weighted by Crippen LogP contribution is -2.54.